The number of rotatable bonds is 5. The zero-order valence-electron chi connectivity index (χ0n) is 15.9. The second kappa shape index (κ2) is 8.08. The minimum Gasteiger partial charge on any atom is -0.497 e. The summed E-state index contributed by atoms with van der Waals surface area (Å²) in [7, 11) is 1.53. The molecule has 4 aromatic rings. The van der Waals surface area contributed by atoms with Crippen LogP contribution >= 0.6 is 0 Å². The van der Waals surface area contributed by atoms with Crippen molar-refractivity contribution in [3.05, 3.63) is 89.9 Å². The Labute approximate surface area is 171 Å². The molecule has 0 aliphatic carbocycles. The van der Waals surface area contributed by atoms with Crippen LogP contribution in [0.5, 0.6) is 5.75 Å². The van der Waals surface area contributed by atoms with Gasteiger partial charge in [-0.1, -0.05) is 18.2 Å². The number of hydrogen-bond acceptors (Lipinski definition) is 4. The molecule has 1 aromatic heterocycles. The Hall–Kier alpha value is -4.13. The van der Waals surface area contributed by atoms with Crippen LogP contribution < -0.4 is 15.4 Å². The van der Waals surface area contributed by atoms with E-state index in [1.807, 2.05) is 0 Å². The first kappa shape index (κ1) is 19.2. The van der Waals surface area contributed by atoms with Crippen molar-refractivity contribution in [3.8, 4) is 5.75 Å². The highest BCUT2D eigenvalue weighted by Gasteiger charge is 2.23. The van der Waals surface area contributed by atoms with Gasteiger partial charge in [0.05, 0.1) is 7.11 Å². The smallest absolute Gasteiger partial charge is 0.293 e. The molecule has 0 saturated carbocycles. The Kier molecular flexibility index (Phi) is 5.17. The molecule has 0 bridgehead atoms. The molecule has 0 atom stereocenters. The normalized spacial score (nSPS) is 10.6. The van der Waals surface area contributed by atoms with E-state index in [1.54, 1.807) is 48.5 Å². The molecule has 2 amide bonds. The summed E-state index contributed by atoms with van der Waals surface area (Å²) in [6, 6.07) is 19.0. The Morgan fingerprint density at radius 2 is 1.67 bits per heavy atom. The second-order valence-electron chi connectivity index (χ2n) is 6.45. The van der Waals surface area contributed by atoms with E-state index in [2.05, 4.69) is 10.6 Å². The topological polar surface area (TPSA) is 80.6 Å². The number of para-hydroxylation sites is 1. The lowest BCUT2D eigenvalue weighted by atomic mass is 10.1. The molecule has 30 heavy (non-hydrogen) atoms. The van der Waals surface area contributed by atoms with Crippen molar-refractivity contribution in [2.24, 2.45) is 0 Å². The second-order valence-corrected chi connectivity index (χ2v) is 6.45. The van der Waals surface area contributed by atoms with Crippen LogP contribution in [0.4, 0.5) is 15.8 Å². The molecule has 0 spiro atoms. The molecule has 0 fully saturated rings. The Bertz CT molecular complexity index is 1230. The fourth-order valence-corrected chi connectivity index (χ4v) is 3.01. The zero-order valence-corrected chi connectivity index (χ0v) is 15.9. The summed E-state index contributed by atoms with van der Waals surface area (Å²) in [5, 5.41) is 6.03. The number of amides is 2. The van der Waals surface area contributed by atoms with E-state index in [-0.39, 0.29) is 17.0 Å². The van der Waals surface area contributed by atoms with Crippen molar-refractivity contribution in [1.29, 1.82) is 0 Å². The third-order valence-electron chi connectivity index (χ3n) is 4.47. The molecule has 1 heterocycles. The van der Waals surface area contributed by atoms with E-state index in [4.69, 9.17) is 9.15 Å². The number of nitrogens with one attached hydrogen (secondary N) is 2. The first-order chi connectivity index (χ1) is 14.5. The van der Waals surface area contributed by atoms with Gasteiger partial charge in [0.15, 0.2) is 0 Å². The minimum absolute atomic E-state index is 0.0468. The van der Waals surface area contributed by atoms with Gasteiger partial charge in [-0.05, 0) is 48.5 Å². The number of methoxy groups -OCH3 is 1. The maximum absolute atomic E-state index is 13.2. The van der Waals surface area contributed by atoms with Gasteiger partial charge < -0.3 is 19.8 Å². The first-order valence-electron chi connectivity index (χ1n) is 9.09. The predicted octanol–water partition coefficient (Wildman–Crippen LogP) is 5.09. The fourth-order valence-electron chi connectivity index (χ4n) is 3.01. The van der Waals surface area contributed by atoms with Crippen molar-refractivity contribution in [2.45, 2.75) is 0 Å². The first-order valence-corrected chi connectivity index (χ1v) is 9.09. The molecule has 0 aliphatic heterocycles. The van der Waals surface area contributed by atoms with Crippen molar-refractivity contribution in [2.75, 3.05) is 17.7 Å². The SMILES string of the molecule is COc1cccc(NC(=O)c2oc3ccccc3c2NC(=O)c2ccc(F)cc2)c1. The number of halogens is 1. The van der Waals surface area contributed by atoms with Crippen molar-refractivity contribution < 1.29 is 23.1 Å². The van der Waals surface area contributed by atoms with Crippen LogP contribution in [0.3, 0.4) is 0 Å². The van der Waals surface area contributed by atoms with Crippen LogP contribution in [0.25, 0.3) is 11.0 Å². The maximum Gasteiger partial charge on any atom is 0.293 e. The molecule has 6 nitrogen and oxygen atoms in total. The average molecular weight is 404 g/mol. The Balaban J connectivity index is 1.68. The molecule has 3 aromatic carbocycles. The number of anilines is 2. The molecule has 4 rings (SSSR count). The number of carbonyl (C=O) groups excluding carboxylic acids is 2. The van der Waals surface area contributed by atoms with Gasteiger partial charge in [0.1, 0.15) is 22.8 Å². The van der Waals surface area contributed by atoms with E-state index < -0.39 is 17.6 Å². The summed E-state index contributed by atoms with van der Waals surface area (Å²) in [6.45, 7) is 0. The Morgan fingerprint density at radius 3 is 2.43 bits per heavy atom. The van der Waals surface area contributed by atoms with E-state index in [9.17, 15) is 14.0 Å². The number of furan rings is 1. The van der Waals surface area contributed by atoms with Gasteiger partial charge in [0.2, 0.25) is 5.76 Å². The molecule has 7 heteroatoms. The van der Waals surface area contributed by atoms with Gasteiger partial charge in [0.25, 0.3) is 11.8 Å². The highest BCUT2D eigenvalue weighted by Crippen LogP contribution is 2.32. The standard InChI is InChI=1S/C23H17FN2O4/c1-29-17-6-4-5-16(13-17)25-23(28)21-20(18-7-2-3-8-19(18)30-21)26-22(27)14-9-11-15(24)12-10-14/h2-13H,1H3,(H,25,28)(H,26,27). The van der Waals surface area contributed by atoms with Crippen LogP contribution in [-0.4, -0.2) is 18.9 Å². The number of hydrogen-bond donors (Lipinski definition) is 2. The van der Waals surface area contributed by atoms with Crippen LogP contribution in [0, 0.1) is 5.82 Å². The highest BCUT2D eigenvalue weighted by atomic mass is 19.1. The molecular formula is C23H17FN2O4. The summed E-state index contributed by atoms with van der Waals surface area (Å²) in [5.41, 5.74) is 1.44. The quantitative estimate of drug-likeness (QED) is 0.486. The maximum atomic E-state index is 13.2. The number of fused-ring (bicyclic) bond motifs is 1. The fraction of sp³-hybridized carbons (Fsp3) is 0.0435. The summed E-state index contributed by atoms with van der Waals surface area (Å²) in [4.78, 5) is 25.6. The molecule has 0 unspecified atom stereocenters. The molecule has 2 N–H and O–H groups in total. The van der Waals surface area contributed by atoms with Gasteiger partial charge in [-0.2, -0.15) is 0 Å². The third kappa shape index (κ3) is 3.86. The van der Waals surface area contributed by atoms with E-state index in [1.165, 1.54) is 31.4 Å². The predicted molar refractivity (Wildman–Crippen MR) is 112 cm³/mol. The summed E-state index contributed by atoms with van der Waals surface area (Å²) in [6.07, 6.45) is 0. The minimum atomic E-state index is -0.533. The van der Waals surface area contributed by atoms with Gasteiger partial charge in [-0.25, -0.2) is 4.39 Å². The van der Waals surface area contributed by atoms with E-state index in [0.717, 1.165) is 0 Å². The molecule has 150 valence electrons. The van der Waals surface area contributed by atoms with Gasteiger partial charge in [0, 0.05) is 22.7 Å². The Morgan fingerprint density at radius 1 is 0.900 bits per heavy atom. The third-order valence-corrected chi connectivity index (χ3v) is 4.47. The molecule has 0 radical (unpaired) electrons. The summed E-state index contributed by atoms with van der Waals surface area (Å²) >= 11 is 0. The van der Waals surface area contributed by atoms with Crippen LogP contribution in [-0.2, 0) is 0 Å². The van der Waals surface area contributed by atoms with Crippen LogP contribution in [0.2, 0.25) is 0 Å². The average Bonchev–Trinajstić information content (AvgIpc) is 3.13. The van der Waals surface area contributed by atoms with Crippen LogP contribution in [0.1, 0.15) is 20.9 Å². The van der Waals surface area contributed by atoms with Gasteiger partial charge in [-0.3, -0.25) is 9.59 Å². The molecular weight excluding hydrogens is 387 g/mol. The number of ether oxygens (including phenoxy) is 1. The summed E-state index contributed by atoms with van der Waals surface area (Å²) in [5.74, 6) is -0.929. The van der Waals surface area contributed by atoms with Crippen molar-refractivity contribution in [1.82, 2.24) is 0 Å². The van der Waals surface area contributed by atoms with Crippen molar-refractivity contribution >= 4 is 34.2 Å². The lowest BCUT2D eigenvalue weighted by Crippen LogP contribution is -2.17. The molecule has 0 aliphatic rings. The highest BCUT2D eigenvalue weighted by molar-refractivity contribution is 6.16. The lowest BCUT2D eigenvalue weighted by Gasteiger charge is -2.08. The van der Waals surface area contributed by atoms with Crippen LogP contribution in [0.15, 0.2) is 77.2 Å². The van der Waals surface area contributed by atoms with Gasteiger partial charge in [-0.15, -0.1) is 0 Å². The largest absolute Gasteiger partial charge is 0.497 e. The zero-order chi connectivity index (χ0) is 21.1. The molecule has 0 saturated heterocycles. The van der Waals surface area contributed by atoms with Crippen molar-refractivity contribution in [3.63, 3.8) is 0 Å². The van der Waals surface area contributed by atoms with Gasteiger partial charge >= 0.3 is 0 Å². The number of benzene rings is 3. The lowest BCUT2D eigenvalue weighted by molar-refractivity contribution is 0.0999. The number of carbonyl (C=O) groups is 2. The van der Waals surface area contributed by atoms with E-state index in [0.29, 0.717) is 22.4 Å². The summed E-state index contributed by atoms with van der Waals surface area (Å²) < 4.78 is 24.1. The monoisotopic (exact) mass is 404 g/mol. The van der Waals surface area contributed by atoms with E-state index >= 15 is 0 Å².